The Balaban J connectivity index is 2.01. The van der Waals surface area contributed by atoms with E-state index in [1.54, 1.807) is 25.1 Å². The minimum Gasteiger partial charge on any atom is -0.455 e. The van der Waals surface area contributed by atoms with Gasteiger partial charge in [-0.3, -0.25) is 4.79 Å². The molecule has 7 nitrogen and oxygen atoms in total. The van der Waals surface area contributed by atoms with E-state index in [0.29, 0.717) is 45.6 Å². The van der Waals surface area contributed by atoms with Crippen molar-refractivity contribution in [3.05, 3.63) is 50.9 Å². The van der Waals surface area contributed by atoms with E-state index in [4.69, 9.17) is 39.1 Å². The minimum atomic E-state index is -0.421. The molecule has 0 atom stereocenters. The second-order valence-electron chi connectivity index (χ2n) is 7.52. The summed E-state index contributed by atoms with van der Waals surface area (Å²) in [5, 5.41) is 11.6. The van der Waals surface area contributed by atoms with E-state index in [9.17, 15) is 4.79 Å². The van der Waals surface area contributed by atoms with Crippen LogP contribution in [0.3, 0.4) is 0 Å². The van der Waals surface area contributed by atoms with E-state index in [0.717, 1.165) is 5.56 Å². The summed E-state index contributed by atoms with van der Waals surface area (Å²) in [4.78, 5) is 12.8. The average molecular weight is 422 g/mol. The van der Waals surface area contributed by atoms with Gasteiger partial charge in [-0.1, -0.05) is 37.0 Å². The van der Waals surface area contributed by atoms with Crippen LogP contribution in [-0.2, 0) is 6.42 Å². The predicted molar refractivity (Wildman–Crippen MR) is 112 cm³/mol. The van der Waals surface area contributed by atoms with Crippen molar-refractivity contribution in [1.82, 2.24) is 0 Å². The number of fused-ring (bicyclic) bond motifs is 1. The van der Waals surface area contributed by atoms with E-state index in [2.05, 4.69) is 29.4 Å². The molecule has 1 aromatic carbocycles. The van der Waals surface area contributed by atoms with Crippen LogP contribution < -0.4 is 16.8 Å². The molecule has 0 saturated heterocycles. The number of carbonyl (C=O) groups is 1. The van der Waals surface area contributed by atoms with Crippen LogP contribution >= 0.6 is 23.2 Å². The average Bonchev–Trinajstić information content (AvgIpc) is 2.91. The van der Waals surface area contributed by atoms with Gasteiger partial charge in [0.25, 0.3) is 5.91 Å². The number of rotatable bonds is 3. The smallest absolute Gasteiger partial charge is 0.291 e. The van der Waals surface area contributed by atoms with E-state index in [1.807, 2.05) is 0 Å². The Morgan fingerprint density at radius 1 is 1.25 bits per heavy atom. The fourth-order valence-electron chi connectivity index (χ4n) is 3.31. The van der Waals surface area contributed by atoms with E-state index < -0.39 is 5.91 Å². The summed E-state index contributed by atoms with van der Waals surface area (Å²) in [7, 11) is 0. The zero-order valence-electron chi connectivity index (χ0n) is 15.8. The van der Waals surface area contributed by atoms with Crippen LogP contribution in [0.2, 0.25) is 10.0 Å². The third-order valence-corrected chi connectivity index (χ3v) is 5.03. The highest BCUT2D eigenvalue weighted by Crippen LogP contribution is 2.39. The molecule has 3 rings (SSSR count). The molecule has 0 spiro atoms. The number of furan rings is 1. The molecule has 28 heavy (non-hydrogen) atoms. The number of nitrogens with one attached hydrogen (secondary N) is 1. The summed E-state index contributed by atoms with van der Waals surface area (Å²) in [6, 6.07) is 4.83. The Bertz CT molecular complexity index is 1000. The summed E-state index contributed by atoms with van der Waals surface area (Å²) in [5.74, 6) is 0.319. The van der Waals surface area contributed by atoms with Gasteiger partial charge in [0.2, 0.25) is 5.96 Å². The minimum absolute atomic E-state index is 0.112. The first-order valence-electron chi connectivity index (χ1n) is 8.62. The van der Waals surface area contributed by atoms with Crippen molar-refractivity contribution >= 4 is 46.5 Å². The van der Waals surface area contributed by atoms with E-state index in [1.165, 1.54) is 0 Å². The van der Waals surface area contributed by atoms with Crippen LogP contribution in [0, 0.1) is 12.3 Å². The quantitative estimate of drug-likeness (QED) is 0.392. The number of hydrogen-bond donors (Lipinski definition) is 3. The molecule has 1 aliphatic carbocycles. The number of nitrogens with zero attached hydrogens (tertiary/aromatic N) is 2. The fourth-order valence-corrected chi connectivity index (χ4v) is 3.64. The van der Waals surface area contributed by atoms with Crippen molar-refractivity contribution in [2.45, 2.75) is 33.6 Å². The zero-order chi connectivity index (χ0) is 20.6. The Hall–Kier alpha value is -2.51. The lowest BCUT2D eigenvalue weighted by Gasteiger charge is -2.29. The van der Waals surface area contributed by atoms with Gasteiger partial charge >= 0.3 is 0 Å². The summed E-state index contributed by atoms with van der Waals surface area (Å²) < 4.78 is 5.93. The van der Waals surface area contributed by atoms with Gasteiger partial charge in [-0.2, -0.15) is 5.10 Å². The molecule has 148 valence electrons. The zero-order valence-corrected chi connectivity index (χ0v) is 17.3. The van der Waals surface area contributed by atoms with Crippen LogP contribution in [0.25, 0.3) is 0 Å². The second kappa shape index (κ2) is 7.48. The van der Waals surface area contributed by atoms with Crippen LogP contribution in [0.5, 0.6) is 0 Å². The molecule has 1 amide bonds. The molecule has 1 aliphatic rings. The SMILES string of the molecule is Cc1c(C(=O)Nc2cc(Cl)ccc2Cl)oc2c1/C(=N\N=C(N)N)CC(C)(C)C2. The van der Waals surface area contributed by atoms with Crippen LogP contribution in [0.1, 0.15) is 47.7 Å². The molecule has 0 bridgehead atoms. The Morgan fingerprint density at radius 3 is 2.64 bits per heavy atom. The molecular formula is C19H21Cl2N5O2. The maximum atomic E-state index is 12.8. The number of guanidine groups is 1. The lowest BCUT2D eigenvalue weighted by molar-refractivity contribution is 0.0993. The number of halogens is 2. The lowest BCUT2D eigenvalue weighted by atomic mass is 9.75. The van der Waals surface area contributed by atoms with Crippen molar-refractivity contribution in [3.8, 4) is 0 Å². The van der Waals surface area contributed by atoms with E-state index >= 15 is 0 Å². The largest absolute Gasteiger partial charge is 0.455 e. The number of anilines is 1. The molecule has 0 aliphatic heterocycles. The standard InChI is InChI=1S/C19H21Cl2N5O2/c1-9-15-13(25-26-18(22)23)7-19(2,3)8-14(15)28-16(9)17(27)24-12-6-10(20)4-5-11(12)21/h4-6H,7-8H2,1-3H3,(H,24,27)(H4,22,23,26)/b25-13-. The molecule has 2 aromatic rings. The number of amides is 1. The second-order valence-corrected chi connectivity index (χ2v) is 8.37. The molecule has 0 radical (unpaired) electrons. The molecule has 0 fully saturated rings. The van der Waals surface area contributed by atoms with Gasteiger partial charge in [0.15, 0.2) is 5.76 Å². The highest BCUT2D eigenvalue weighted by Gasteiger charge is 2.36. The molecular weight excluding hydrogens is 401 g/mol. The molecule has 0 unspecified atom stereocenters. The Kier molecular flexibility index (Phi) is 5.41. The van der Waals surface area contributed by atoms with Gasteiger partial charge in [0.1, 0.15) is 5.76 Å². The maximum absolute atomic E-state index is 12.8. The van der Waals surface area contributed by atoms with Gasteiger partial charge in [0.05, 0.1) is 16.4 Å². The maximum Gasteiger partial charge on any atom is 0.291 e. The lowest BCUT2D eigenvalue weighted by Crippen LogP contribution is -2.27. The fraction of sp³-hybridized carbons (Fsp3) is 0.316. The van der Waals surface area contributed by atoms with Crippen LogP contribution in [0.15, 0.2) is 32.8 Å². The summed E-state index contributed by atoms with van der Waals surface area (Å²) in [6.07, 6.45) is 1.31. The molecule has 1 aromatic heterocycles. The van der Waals surface area contributed by atoms with Crippen molar-refractivity contribution in [3.63, 3.8) is 0 Å². The van der Waals surface area contributed by atoms with Gasteiger partial charge < -0.3 is 21.2 Å². The number of nitrogens with two attached hydrogens (primary N) is 2. The first-order chi connectivity index (χ1) is 13.1. The summed E-state index contributed by atoms with van der Waals surface area (Å²) in [5.41, 5.74) is 13.2. The third kappa shape index (κ3) is 4.15. The highest BCUT2D eigenvalue weighted by molar-refractivity contribution is 6.35. The number of hydrogen-bond acceptors (Lipinski definition) is 4. The Labute approximate surface area is 172 Å². The van der Waals surface area contributed by atoms with Crippen molar-refractivity contribution < 1.29 is 9.21 Å². The first kappa shape index (κ1) is 20.2. The molecule has 9 heteroatoms. The normalized spacial score (nSPS) is 16.5. The number of benzene rings is 1. The van der Waals surface area contributed by atoms with Gasteiger partial charge in [0, 0.05) is 22.6 Å². The van der Waals surface area contributed by atoms with Gasteiger partial charge in [-0.15, -0.1) is 5.10 Å². The molecule has 0 saturated carbocycles. The van der Waals surface area contributed by atoms with Crippen molar-refractivity contribution in [2.75, 3.05) is 5.32 Å². The highest BCUT2D eigenvalue weighted by atomic mass is 35.5. The monoisotopic (exact) mass is 421 g/mol. The summed E-state index contributed by atoms with van der Waals surface area (Å²) in [6.45, 7) is 5.98. The summed E-state index contributed by atoms with van der Waals surface area (Å²) >= 11 is 12.1. The van der Waals surface area contributed by atoms with Gasteiger partial charge in [-0.05, 0) is 37.0 Å². The Morgan fingerprint density at radius 2 is 1.96 bits per heavy atom. The molecule has 5 N–H and O–H groups in total. The number of carbonyl (C=O) groups excluding carboxylic acids is 1. The van der Waals surface area contributed by atoms with Crippen molar-refractivity contribution in [1.29, 1.82) is 0 Å². The molecule has 1 heterocycles. The first-order valence-corrected chi connectivity index (χ1v) is 9.37. The topological polar surface area (TPSA) is 119 Å². The van der Waals surface area contributed by atoms with Crippen molar-refractivity contribution in [2.24, 2.45) is 27.1 Å². The van der Waals surface area contributed by atoms with Gasteiger partial charge in [-0.25, -0.2) is 0 Å². The van der Waals surface area contributed by atoms with E-state index in [-0.39, 0.29) is 17.1 Å². The predicted octanol–water partition coefficient (Wildman–Crippen LogP) is 4.10. The van der Waals surface area contributed by atoms with Crippen LogP contribution in [-0.4, -0.2) is 17.6 Å². The van der Waals surface area contributed by atoms with Crippen LogP contribution in [0.4, 0.5) is 5.69 Å². The third-order valence-electron chi connectivity index (χ3n) is 4.46.